The van der Waals surface area contributed by atoms with Gasteiger partial charge in [-0.05, 0) is 62.4 Å². The Labute approximate surface area is 163 Å². The van der Waals surface area contributed by atoms with Crippen LogP contribution in [0, 0.1) is 15.5 Å². The minimum atomic E-state index is -0.560. The van der Waals surface area contributed by atoms with Gasteiger partial charge in [-0.2, -0.15) is 0 Å². The van der Waals surface area contributed by atoms with Crippen molar-refractivity contribution in [2.75, 3.05) is 24.5 Å². The summed E-state index contributed by atoms with van der Waals surface area (Å²) in [5.74, 6) is -0.230. The molecule has 3 rings (SSSR count). The fourth-order valence-corrected chi connectivity index (χ4v) is 3.87. The Morgan fingerprint density at radius 1 is 1.21 bits per heavy atom. The first-order valence-electron chi connectivity index (χ1n) is 9.52. The van der Waals surface area contributed by atoms with Crippen LogP contribution in [0.4, 0.5) is 16.3 Å². The van der Waals surface area contributed by atoms with E-state index in [1.54, 1.807) is 15.9 Å². The summed E-state index contributed by atoms with van der Waals surface area (Å²) in [6, 6.07) is 2.88. The highest BCUT2D eigenvalue weighted by atomic mass is 16.6. The van der Waals surface area contributed by atoms with Gasteiger partial charge >= 0.3 is 11.9 Å². The van der Waals surface area contributed by atoms with Crippen molar-refractivity contribution in [3.8, 4) is 0 Å². The summed E-state index contributed by atoms with van der Waals surface area (Å²) in [4.78, 5) is 42.9. The summed E-state index contributed by atoms with van der Waals surface area (Å²) in [5, 5.41) is 10.8. The third-order valence-electron chi connectivity index (χ3n) is 5.34. The molecule has 9 nitrogen and oxygen atoms in total. The number of hydrogen-bond donors (Lipinski definition) is 0. The Morgan fingerprint density at radius 3 is 2.43 bits per heavy atom. The number of piperidine rings is 2. The van der Waals surface area contributed by atoms with E-state index in [1.165, 1.54) is 12.3 Å². The van der Waals surface area contributed by atoms with Crippen molar-refractivity contribution >= 4 is 23.5 Å². The standard InChI is InChI=1S/C19H26N4O5/c1-18(2,3)28-17(25)21-11-8-19(9-12-21)7-4-10-22(16(19)24)14-5-6-15(20-13-14)23(26)27/h5-6,13H,4,7-12H2,1-3H3. The number of nitro groups is 1. The van der Waals surface area contributed by atoms with Gasteiger partial charge in [0, 0.05) is 25.7 Å². The molecular formula is C19H26N4O5. The van der Waals surface area contributed by atoms with Crippen molar-refractivity contribution in [3.63, 3.8) is 0 Å². The monoisotopic (exact) mass is 390 g/mol. The lowest BCUT2D eigenvalue weighted by atomic mass is 9.71. The Morgan fingerprint density at radius 2 is 1.89 bits per heavy atom. The zero-order valence-corrected chi connectivity index (χ0v) is 16.5. The average molecular weight is 390 g/mol. The molecule has 0 saturated carbocycles. The molecule has 0 aliphatic carbocycles. The summed E-state index contributed by atoms with van der Waals surface area (Å²) in [7, 11) is 0. The van der Waals surface area contributed by atoms with E-state index in [9.17, 15) is 19.7 Å². The van der Waals surface area contributed by atoms with Gasteiger partial charge in [0.05, 0.1) is 11.1 Å². The molecule has 2 aliphatic rings. The van der Waals surface area contributed by atoms with Gasteiger partial charge in [-0.3, -0.25) is 4.79 Å². The predicted octanol–water partition coefficient (Wildman–Crippen LogP) is 3.13. The number of ether oxygens (including phenoxy) is 1. The van der Waals surface area contributed by atoms with Gasteiger partial charge in [-0.1, -0.05) is 0 Å². The van der Waals surface area contributed by atoms with E-state index in [1.807, 2.05) is 20.8 Å². The maximum Gasteiger partial charge on any atom is 0.410 e. The molecule has 3 heterocycles. The van der Waals surface area contributed by atoms with Gasteiger partial charge in [-0.15, -0.1) is 0 Å². The van der Waals surface area contributed by atoms with Crippen LogP contribution in [0.3, 0.4) is 0 Å². The van der Waals surface area contributed by atoms with Gasteiger partial charge in [0.1, 0.15) is 5.60 Å². The molecule has 0 atom stereocenters. The lowest BCUT2D eigenvalue weighted by molar-refractivity contribution is -0.389. The third-order valence-corrected chi connectivity index (χ3v) is 5.34. The SMILES string of the molecule is CC(C)(C)OC(=O)N1CCC2(CCCN(c3ccc([N+](=O)[O-])nc3)C2=O)CC1. The Kier molecular flexibility index (Phi) is 5.27. The number of rotatable bonds is 2. The second kappa shape index (κ2) is 7.37. The highest BCUT2D eigenvalue weighted by molar-refractivity contribution is 5.98. The first-order valence-corrected chi connectivity index (χ1v) is 9.52. The number of amides is 2. The smallest absolute Gasteiger partial charge is 0.410 e. The van der Waals surface area contributed by atoms with Crippen LogP contribution >= 0.6 is 0 Å². The zero-order chi connectivity index (χ0) is 20.5. The van der Waals surface area contributed by atoms with Crippen LogP contribution in [-0.4, -0.2) is 52.0 Å². The molecule has 152 valence electrons. The highest BCUT2D eigenvalue weighted by Crippen LogP contribution is 2.42. The number of carbonyl (C=O) groups excluding carboxylic acids is 2. The van der Waals surface area contributed by atoms with E-state index in [-0.39, 0.29) is 17.8 Å². The summed E-state index contributed by atoms with van der Waals surface area (Å²) in [5.41, 5.74) is -0.477. The molecule has 1 spiro atoms. The van der Waals surface area contributed by atoms with Crippen molar-refractivity contribution in [2.24, 2.45) is 5.41 Å². The van der Waals surface area contributed by atoms with Crippen LogP contribution in [0.1, 0.15) is 46.5 Å². The van der Waals surface area contributed by atoms with Crippen LogP contribution in [0.25, 0.3) is 0 Å². The fourth-order valence-electron chi connectivity index (χ4n) is 3.87. The lowest BCUT2D eigenvalue weighted by Crippen LogP contribution is -2.55. The molecule has 2 aliphatic heterocycles. The van der Waals surface area contributed by atoms with Crippen LogP contribution < -0.4 is 4.90 Å². The van der Waals surface area contributed by atoms with Crippen LogP contribution in [0.2, 0.25) is 0 Å². The molecule has 9 heteroatoms. The van der Waals surface area contributed by atoms with Crippen LogP contribution in [0.15, 0.2) is 18.3 Å². The molecule has 2 fully saturated rings. The van der Waals surface area contributed by atoms with Crippen molar-refractivity contribution in [2.45, 2.75) is 52.1 Å². The Bertz CT molecular complexity index is 764. The topological polar surface area (TPSA) is 106 Å². The molecular weight excluding hydrogens is 364 g/mol. The molecule has 28 heavy (non-hydrogen) atoms. The molecule has 0 N–H and O–H groups in total. The summed E-state index contributed by atoms with van der Waals surface area (Å²) >= 11 is 0. The lowest BCUT2D eigenvalue weighted by Gasteiger charge is -2.46. The molecule has 1 aromatic heterocycles. The molecule has 0 bridgehead atoms. The molecule has 0 unspecified atom stereocenters. The highest BCUT2D eigenvalue weighted by Gasteiger charge is 2.47. The number of aromatic nitrogens is 1. The van der Waals surface area contributed by atoms with Crippen molar-refractivity contribution in [1.82, 2.24) is 9.88 Å². The number of pyridine rings is 1. The van der Waals surface area contributed by atoms with E-state index in [4.69, 9.17) is 4.74 Å². The van der Waals surface area contributed by atoms with Crippen molar-refractivity contribution in [1.29, 1.82) is 0 Å². The number of nitrogens with zero attached hydrogens (tertiary/aromatic N) is 4. The van der Waals surface area contributed by atoms with E-state index in [2.05, 4.69) is 4.98 Å². The zero-order valence-electron chi connectivity index (χ0n) is 16.5. The van der Waals surface area contributed by atoms with Crippen LogP contribution in [0.5, 0.6) is 0 Å². The van der Waals surface area contributed by atoms with Gasteiger partial charge in [-0.25, -0.2) is 4.79 Å². The molecule has 2 saturated heterocycles. The maximum atomic E-state index is 13.3. The first-order chi connectivity index (χ1) is 13.1. The minimum absolute atomic E-state index is 0.0123. The largest absolute Gasteiger partial charge is 0.444 e. The number of likely N-dealkylation sites (tertiary alicyclic amines) is 1. The summed E-state index contributed by atoms with van der Waals surface area (Å²) in [6.07, 6.45) is 3.83. The number of carbonyl (C=O) groups is 2. The summed E-state index contributed by atoms with van der Waals surface area (Å²) < 4.78 is 5.43. The molecule has 2 amide bonds. The predicted molar refractivity (Wildman–Crippen MR) is 102 cm³/mol. The average Bonchev–Trinajstić information content (AvgIpc) is 2.63. The number of anilines is 1. The second-order valence-electron chi connectivity index (χ2n) is 8.44. The van der Waals surface area contributed by atoms with E-state index in [0.29, 0.717) is 38.2 Å². The van der Waals surface area contributed by atoms with Gasteiger partial charge in [0.25, 0.3) is 0 Å². The van der Waals surface area contributed by atoms with Crippen LogP contribution in [-0.2, 0) is 9.53 Å². The van der Waals surface area contributed by atoms with Gasteiger partial charge in [0.2, 0.25) is 5.91 Å². The third kappa shape index (κ3) is 4.07. The molecule has 1 aromatic rings. The summed E-state index contributed by atoms with van der Waals surface area (Å²) in [6.45, 7) is 7.02. The van der Waals surface area contributed by atoms with E-state index >= 15 is 0 Å². The first kappa shape index (κ1) is 20.0. The quantitative estimate of drug-likeness (QED) is 0.567. The van der Waals surface area contributed by atoms with Gasteiger partial charge < -0.3 is 24.7 Å². The Hall–Kier alpha value is -2.71. The number of hydrogen-bond acceptors (Lipinski definition) is 6. The van der Waals surface area contributed by atoms with Crippen molar-refractivity contribution in [3.05, 3.63) is 28.4 Å². The van der Waals surface area contributed by atoms with E-state index < -0.39 is 15.9 Å². The van der Waals surface area contributed by atoms with Crippen molar-refractivity contribution < 1.29 is 19.2 Å². The molecule has 0 radical (unpaired) electrons. The maximum absolute atomic E-state index is 13.3. The second-order valence-corrected chi connectivity index (χ2v) is 8.44. The fraction of sp³-hybridized carbons (Fsp3) is 0.632. The van der Waals surface area contributed by atoms with E-state index in [0.717, 1.165) is 12.8 Å². The minimum Gasteiger partial charge on any atom is -0.444 e. The Balaban J connectivity index is 1.69. The normalized spacial score (nSPS) is 19.6. The van der Waals surface area contributed by atoms with Gasteiger partial charge in [0.15, 0.2) is 6.20 Å². The molecule has 0 aromatic carbocycles.